The number of pyridine rings is 1. The standard InChI is InChI=1S/C24H18F4N2O3/c1-13-5-8-19(29-20(13)14-3-2-4-15(11-14)21(25)26)30-22(31)23(9-10-23)16-6-7-17-18(12-16)33-24(27,28)32-17/h2-8,11-12,21H,9-10H2,1H3,(H,29,30,31). The van der Waals surface area contributed by atoms with Gasteiger partial charge in [0.15, 0.2) is 11.5 Å². The van der Waals surface area contributed by atoms with E-state index < -0.39 is 18.1 Å². The summed E-state index contributed by atoms with van der Waals surface area (Å²) in [6.45, 7) is 1.80. The van der Waals surface area contributed by atoms with Crippen LogP contribution in [0, 0.1) is 6.92 Å². The predicted octanol–water partition coefficient (Wildman–Crippen LogP) is 5.99. The summed E-state index contributed by atoms with van der Waals surface area (Å²) in [7, 11) is 0. The van der Waals surface area contributed by atoms with E-state index >= 15 is 0 Å². The minimum Gasteiger partial charge on any atom is -0.395 e. The SMILES string of the molecule is Cc1ccc(NC(=O)C2(c3ccc4c(c3)OC(F)(F)O4)CC2)nc1-c1cccc(C(F)F)c1. The van der Waals surface area contributed by atoms with Crippen molar-refractivity contribution in [3.63, 3.8) is 0 Å². The Kier molecular flexibility index (Phi) is 4.81. The minimum atomic E-state index is -3.73. The van der Waals surface area contributed by atoms with Gasteiger partial charge in [0.25, 0.3) is 6.43 Å². The lowest BCUT2D eigenvalue weighted by molar-refractivity contribution is -0.286. The number of amides is 1. The van der Waals surface area contributed by atoms with Crippen molar-refractivity contribution in [2.24, 2.45) is 0 Å². The van der Waals surface area contributed by atoms with Crippen molar-refractivity contribution in [2.75, 3.05) is 5.32 Å². The molecule has 2 aliphatic rings. The van der Waals surface area contributed by atoms with Crippen LogP contribution < -0.4 is 14.8 Å². The number of aryl methyl sites for hydroxylation is 1. The number of nitrogens with zero attached hydrogens (tertiary/aromatic N) is 1. The van der Waals surface area contributed by atoms with Crippen molar-refractivity contribution in [2.45, 2.75) is 37.9 Å². The highest BCUT2D eigenvalue weighted by molar-refractivity contribution is 6.01. The Morgan fingerprint density at radius 3 is 2.52 bits per heavy atom. The van der Waals surface area contributed by atoms with Gasteiger partial charge in [0.1, 0.15) is 5.82 Å². The molecule has 0 saturated heterocycles. The monoisotopic (exact) mass is 458 g/mol. The number of hydrogen-bond donors (Lipinski definition) is 1. The number of halogens is 4. The van der Waals surface area contributed by atoms with Gasteiger partial charge in [-0.3, -0.25) is 4.79 Å². The van der Waals surface area contributed by atoms with Gasteiger partial charge in [0.05, 0.1) is 11.1 Å². The zero-order valence-electron chi connectivity index (χ0n) is 17.4. The van der Waals surface area contributed by atoms with Crippen LogP contribution >= 0.6 is 0 Å². The number of ether oxygens (including phenoxy) is 2. The van der Waals surface area contributed by atoms with E-state index in [-0.39, 0.29) is 28.8 Å². The number of rotatable bonds is 5. The first-order valence-corrected chi connectivity index (χ1v) is 10.2. The average molecular weight is 458 g/mol. The number of hydrogen-bond acceptors (Lipinski definition) is 4. The molecule has 0 atom stereocenters. The molecule has 1 aromatic heterocycles. The molecule has 2 heterocycles. The molecule has 33 heavy (non-hydrogen) atoms. The molecule has 3 aromatic rings. The Labute approximate surface area is 186 Å². The molecule has 5 rings (SSSR count). The number of aromatic nitrogens is 1. The van der Waals surface area contributed by atoms with Crippen molar-refractivity contribution in [1.29, 1.82) is 0 Å². The van der Waals surface area contributed by atoms with Crippen LogP contribution in [0.15, 0.2) is 54.6 Å². The maximum atomic E-state index is 13.3. The van der Waals surface area contributed by atoms with Crippen LogP contribution in [0.5, 0.6) is 11.5 Å². The number of fused-ring (bicyclic) bond motifs is 1. The van der Waals surface area contributed by atoms with Crippen molar-refractivity contribution in [3.05, 3.63) is 71.3 Å². The molecule has 1 amide bonds. The Hall–Kier alpha value is -3.62. The summed E-state index contributed by atoms with van der Waals surface area (Å²) in [5.41, 5.74) is 1.28. The van der Waals surface area contributed by atoms with E-state index in [0.717, 1.165) is 5.56 Å². The number of alkyl halides is 4. The maximum absolute atomic E-state index is 13.3. The first kappa shape index (κ1) is 21.2. The topological polar surface area (TPSA) is 60.5 Å². The largest absolute Gasteiger partial charge is 0.586 e. The van der Waals surface area contributed by atoms with Crippen molar-refractivity contribution < 1.29 is 31.8 Å². The second-order valence-corrected chi connectivity index (χ2v) is 8.15. The van der Waals surface area contributed by atoms with Crippen LogP contribution in [0.3, 0.4) is 0 Å². The Morgan fingerprint density at radius 2 is 1.79 bits per heavy atom. The van der Waals surface area contributed by atoms with Crippen LogP contribution in [-0.4, -0.2) is 17.2 Å². The van der Waals surface area contributed by atoms with E-state index in [1.54, 1.807) is 31.2 Å². The van der Waals surface area contributed by atoms with Crippen LogP contribution in [0.2, 0.25) is 0 Å². The third-order valence-electron chi connectivity index (χ3n) is 5.89. The van der Waals surface area contributed by atoms with Crippen molar-refractivity contribution in [3.8, 4) is 22.8 Å². The summed E-state index contributed by atoms with van der Waals surface area (Å²) in [5.74, 6) is -0.277. The van der Waals surface area contributed by atoms with Crippen LogP contribution in [0.1, 0.15) is 36.0 Å². The molecular formula is C24H18F4N2O3. The van der Waals surface area contributed by atoms with E-state index in [9.17, 15) is 22.4 Å². The van der Waals surface area contributed by atoms with E-state index in [4.69, 9.17) is 0 Å². The molecule has 170 valence electrons. The zero-order valence-corrected chi connectivity index (χ0v) is 17.4. The number of anilines is 1. The highest BCUT2D eigenvalue weighted by atomic mass is 19.3. The zero-order chi connectivity index (χ0) is 23.4. The van der Waals surface area contributed by atoms with Crippen molar-refractivity contribution >= 4 is 11.7 Å². The van der Waals surface area contributed by atoms with Gasteiger partial charge in [-0.05, 0) is 55.2 Å². The summed E-state index contributed by atoms with van der Waals surface area (Å²) in [4.78, 5) is 17.6. The number of nitrogens with one attached hydrogen (secondary N) is 1. The summed E-state index contributed by atoms with van der Waals surface area (Å²) < 4.78 is 61.8. The second kappa shape index (κ2) is 7.47. The second-order valence-electron chi connectivity index (χ2n) is 8.15. The van der Waals surface area contributed by atoms with Crippen LogP contribution in [-0.2, 0) is 10.2 Å². The first-order chi connectivity index (χ1) is 15.7. The Balaban J connectivity index is 1.40. The molecule has 0 unspecified atom stereocenters. The molecule has 0 radical (unpaired) electrons. The van der Waals surface area contributed by atoms with Gasteiger partial charge in [0, 0.05) is 11.1 Å². The lowest BCUT2D eigenvalue weighted by Gasteiger charge is -2.17. The van der Waals surface area contributed by atoms with Gasteiger partial charge in [-0.2, -0.15) is 0 Å². The summed E-state index contributed by atoms with van der Waals surface area (Å²) >= 11 is 0. The van der Waals surface area contributed by atoms with E-state index in [2.05, 4.69) is 19.8 Å². The number of benzene rings is 2. The molecule has 1 saturated carbocycles. The third-order valence-corrected chi connectivity index (χ3v) is 5.89. The fourth-order valence-electron chi connectivity index (χ4n) is 3.97. The highest BCUT2D eigenvalue weighted by Crippen LogP contribution is 2.52. The predicted molar refractivity (Wildman–Crippen MR) is 112 cm³/mol. The quantitative estimate of drug-likeness (QED) is 0.478. The molecule has 1 fully saturated rings. The summed E-state index contributed by atoms with van der Waals surface area (Å²) in [5, 5.41) is 2.78. The smallest absolute Gasteiger partial charge is 0.395 e. The molecule has 2 aromatic carbocycles. The molecule has 1 N–H and O–H groups in total. The molecule has 0 spiro atoms. The van der Waals surface area contributed by atoms with E-state index in [0.29, 0.717) is 29.7 Å². The molecule has 1 aliphatic carbocycles. The molecular weight excluding hydrogens is 440 g/mol. The Bertz CT molecular complexity index is 1260. The first-order valence-electron chi connectivity index (χ1n) is 10.2. The van der Waals surface area contributed by atoms with Crippen LogP contribution in [0.25, 0.3) is 11.3 Å². The van der Waals surface area contributed by atoms with Gasteiger partial charge in [-0.1, -0.05) is 30.3 Å². The minimum absolute atomic E-state index is 0.0872. The normalized spacial score (nSPS) is 17.2. The highest BCUT2D eigenvalue weighted by Gasteiger charge is 2.53. The Morgan fingerprint density at radius 1 is 1.03 bits per heavy atom. The molecule has 0 bridgehead atoms. The van der Waals surface area contributed by atoms with Gasteiger partial charge >= 0.3 is 6.29 Å². The van der Waals surface area contributed by atoms with Gasteiger partial charge in [-0.15, -0.1) is 8.78 Å². The molecule has 9 heteroatoms. The lowest BCUT2D eigenvalue weighted by Crippen LogP contribution is -2.28. The average Bonchev–Trinajstić information content (AvgIpc) is 3.52. The van der Waals surface area contributed by atoms with Crippen molar-refractivity contribution in [1.82, 2.24) is 4.98 Å². The fraction of sp³-hybridized carbons (Fsp3) is 0.250. The van der Waals surface area contributed by atoms with Gasteiger partial charge < -0.3 is 14.8 Å². The summed E-state index contributed by atoms with van der Waals surface area (Å²) in [6, 6.07) is 13.6. The van der Waals surface area contributed by atoms with Gasteiger partial charge in [-0.25, -0.2) is 13.8 Å². The molecule has 1 aliphatic heterocycles. The van der Waals surface area contributed by atoms with Crippen LogP contribution in [0.4, 0.5) is 23.4 Å². The summed E-state index contributed by atoms with van der Waals surface area (Å²) in [6.07, 6.45) is -5.28. The number of carbonyl (C=O) groups excluding carboxylic acids is 1. The van der Waals surface area contributed by atoms with Gasteiger partial charge in [0.2, 0.25) is 5.91 Å². The van der Waals surface area contributed by atoms with E-state index in [1.807, 2.05) is 0 Å². The number of carbonyl (C=O) groups is 1. The lowest BCUT2D eigenvalue weighted by atomic mass is 9.94. The third kappa shape index (κ3) is 3.88. The maximum Gasteiger partial charge on any atom is 0.586 e. The van der Waals surface area contributed by atoms with E-state index in [1.165, 1.54) is 30.3 Å². The fourth-order valence-corrected chi connectivity index (χ4v) is 3.97. The molecule has 5 nitrogen and oxygen atoms in total.